The Balaban J connectivity index is 0.00000256. The number of rotatable bonds is 5. The molecule has 3 heterocycles. The average molecular weight is 431 g/mol. The predicted octanol–water partition coefficient (Wildman–Crippen LogP) is 3.85. The van der Waals surface area contributed by atoms with Crippen LogP contribution in [0.5, 0.6) is 5.75 Å². The highest BCUT2D eigenvalue weighted by atomic mass is 35.5. The molecule has 4 rings (SSSR count). The molecule has 2 saturated heterocycles. The lowest BCUT2D eigenvalue weighted by atomic mass is 10.1. The van der Waals surface area contributed by atoms with E-state index in [-0.39, 0.29) is 24.4 Å². The molecule has 0 spiro atoms. The van der Waals surface area contributed by atoms with Crippen LogP contribution in [0.2, 0.25) is 0 Å². The molecule has 7 heteroatoms. The Morgan fingerprint density at radius 3 is 2.37 bits per heavy atom. The van der Waals surface area contributed by atoms with Crippen molar-refractivity contribution in [3.05, 3.63) is 48.2 Å². The third kappa shape index (κ3) is 4.98. The van der Waals surface area contributed by atoms with E-state index in [0.717, 1.165) is 69.1 Å². The smallest absolute Gasteiger partial charge is 0.255 e. The topological polar surface area (TPSA) is 48.9 Å². The SMILES string of the molecule is CN(C)c1cc(C(=O)N2CCCC2)cnc1N1CCC(Oc2ccccc2)CC1.Cl. The molecular weight excluding hydrogens is 400 g/mol. The highest BCUT2D eigenvalue weighted by Gasteiger charge is 2.26. The van der Waals surface area contributed by atoms with Crippen molar-refractivity contribution in [2.45, 2.75) is 31.8 Å². The first-order valence-corrected chi connectivity index (χ1v) is 10.5. The number of ether oxygens (including phenoxy) is 1. The van der Waals surface area contributed by atoms with E-state index in [1.54, 1.807) is 6.20 Å². The molecule has 0 atom stereocenters. The summed E-state index contributed by atoms with van der Waals surface area (Å²) in [6.45, 7) is 3.50. The Bertz CT molecular complexity index is 832. The van der Waals surface area contributed by atoms with Crippen molar-refractivity contribution in [2.24, 2.45) is 0 Å². The van der Waals surface area contributed by atoms with Gasteiger partial charge in [0.2, 0.25) is 0 Å². The van der Waals surface area contributed by atoms with Crippen molar-refractivity contribution in [2.75, 3.05) is 50.1 Å². The number of pyridine rings is 1. The highest BCUT2D eigenvalue weighted by Crippen LogP contribution is 2.30. The quantitative estimate of drug-likeness (QED) is 0.721. The molecule has 1 aromatic heterocycles. The summed E-state index contributed by atoms with van der Waals surface area (Å²) in [7, 11) is 4.02. The molecule has 0 radical (unpaired) electrons. The van der Waals surface area contributed by atoms with Crippen LogP contribution >= 0.6 is 12.4 Å². The summed E-state index contributed by atoms with van der Waals surface area (Å²) in [5, 5.41) is 0. The van der Waals surface area contributed by atoms with Crippen LogP contribution in [-0.4, -0.2) is 62.2 Å². The van der Waals surface area contributed by atoms with E-state index in [1.165, 1.54) is 0 Å². The minimum atomic E-state index is 0. The number of amides is 1. The van der Waals surface area contributed by atoms with Crippen LogP contribution in [0.25, 0.3) is 0 Å². The van der Waals surface area contributed by atoms with Gasteiger partial charge in [-0.1, -0.05) is 18.2 Å². The van der Waals surface area contributed by atoms with E-state index in [0.29, 0.717) is 5.56 Å². The number of carbonyl (C=O) groups excluding carboxylic acids is 1. The van der Waals surface area contributed by atoms with E-state index < -0.39 is 0 Å². The maximum atomic E-state index is 12.8. The van der Waals surface area contributed by atoms with Gasteiger partial charge in [-0.05, 0) is 31.0 Å². The molecule has 1 amide bonds. The maximum absolute atomic E-state index is 12.8. The second-order valence-electron chi connectivity index (χ2n) is 8.08. The van der Waals surface area contributed by atoms with E-state index in [2.05, 4.69) is 9.80 Å². The van der Waals surface area contributed by atoms with Crippen LogP contribution in [0.15, 0.2) is 42.6 Å². The number of likely N-dealkylation sites (tertiary alicyclic amines) is 1. The van der Waals surface area contributed by atoms with Gasteiger partial charge in [-0.3, -0.25) is 4.79 Å². The van der Waals surface area contributed by atoms with E-state index >= 15 is 0 Å². The van der Waals surface area contributed by atoms with Gasteiger partial charge in [-0.2, -0.15) is 0 Å². The number of nitrogens with zero attached hydrogens (tertiary/aromatic N) is 4. The Hall–Kier alpha value is -2.47. The summed E-state index contributed by atoms with van der Waals surface area (Å²) in [6, 6.07) is 12.0. The number of benzene rings is 1. The van der Waals surface area contributed by atoms with Gasteiger partial charge in [0.1, 0.15) is 11.9 Å². The number of piperidine rings is 1. The number of anilines is 2. The van der Waals surface area contributed by atoms with Gasteiger partial charge in [0, 0.05) is 59.3 Å². The number of aromatic nitrogens is 1. The zero-order valence-corrected chi connectivity index (χ0v) is 18.6. The minimum Gasteiger partial charge on any atom is -0.490 e. The van der Waals surface area contributed by atoms with Gasteiger partial charge in [0.25, 0.3) is 5.91 Å². The fraction of sp³-hybridized carbons (Fsp3) is 0.478. The molecular formula is C23H31ClN4O2. The normalized spacial score (nSPS) is 16.9. The molecule has 1 aromatic carbocycles. The zero-order valence-electron chi connectivity index (χ0n) is 17.8. The van der Waals surface area contributed by atoms with Gasteiger partial charge in [0.15, 0.2) is 5.82 Å². The Kier molecular flexibility index (Phi) is 7.43. The fourth-order valence-corrected chi connectivity index (χ4v) is 4.12. The van der Waals surface area contributed by atoms with Crippen molar-refractivity contribution < 1.29 is 9.53 Å². The predicted molar refractivity (Wildman–Crippen MR) is 123 cm³/mol. The molecule has 0 unspecified atom stereocenters. The molecule has 30 heavy (non-hydrogen) atoms. The largest absolute Gasteiger partial charge is 0.490 e. The third-order valence-corrected chi connectivity index (χ3v) is 5.76. The number of carbonyl (C=O) groups is 1. The van der Waals surface area contributed by atoms with Crippen LogP contribution < -0.4 is 14.5 Å². The Labute approximate surface area is 185 Å². The lowest BCUT2D eigenvalue weighted by Crippen LogP contribution is -2.39. The van der Waals surface area contributed by atoms with Crippen molar-refractivity contribution >= 4 is 29.8 Å². The summed E-state index contributed by atoms with van der Waals surface area (Å²) in [5.74, 6) is 1.98. The fourth-order valence-electron chi connectivity index (χ4n) is 4.12. The summed E-state index contributed by atoms with van der Waals surface area (Å²) >= 11 is 0. The Morgan fingerprint density at radius 1 is 1.07 bits per heavy atom. The molecule has 0 saturated carbocycles. The van der Waals surface area contributed by atoms with Gasteiger partial charge >= 0.3 is 0 Å². The third-order valence-electron chi connectivity index (χ3n) is 5.76. The standard InChI is InChI=1S/C23H30N4O2.ClH/c1-25(2)21-16-18(23(28)27-12-6-7-13-27)17-24-22(21)26-14-10-20(11-15-26)29-19-8-4-3-5-9-19;/h3-5,8-9,16-17,20H,6-7,10-15H2,1-2H3;1H. The first-order valence-electron chi connectivity index (χ1n) is 10.5. The zero-order chi connectivity index (χ0) is 20.2. The molecule has 0 aliphatic carbocycles. The molecule has 2 aliphatic rings. The van der Waals surface area contributed by atoms with Crippen molar-refractivity contribution in [3.8, 4) is 5.75 Å². The van der Waals surface area contributed by atoms with Gasteiger partial charge in [-0.15, -0.1) is 12.4 Å². The number of hydrogen-bond donors (Lipinski definition) is 0. The summed E-state index contributed by atoms with van der Waals surface area (Å²) in [5.41, 5.74) is 1.68. The lowest BCUT2D eigenvalue weighted by molar-refractivity contribution is 0.0792. The van der Waals surface area contributed by atoms with E-state index in [1.807, 2.05) is 55.4 Å². The Morgan fingerprint density at radius 2 is 1.73 bits per heavy atom. The van der Waals surface area contributed by atoms with Gasteiger partial charge in [0.05, 0.1) is 11.3 Å². The number of hydrogen-bond acceptors (Lipinski definition) is 5. The van der Waals surface area contributed by atoms with Crippen LogP contribution in [0.3, 0.4) is 0 Å². The minimum absolute atomic E-state index is 0. The van der Waals surface area contributed by atoms with Crippen LogP contribution in [0.1, 0.15) is 36.0 Å². The molecule has 2 fully saturated rings. The van der Waals surface area contributed by atoms with Crippen molar-refractivity contribution in [1.29, 1.82) is 0 Å². The van der Waals surface area contributed by atoms with Crippen LogP contribution in [0.4, 0.5) is 11.5 Å². The molecule has 6 nitrogen and oxygen atoms in total. The summed E-state index contributed by atoms with van der Waals surface area (Å²) in [4.78, 5) is 23.8. The second-order valence-corrected chi connectivity index (χ2v) is 8.08. The molecule has 0 bridgehead atoms. The van der Waals surface area contributed by atoms with E-state index in [9.17, 15) is 4.79 Å². The average Bonchev–Trinajstić information content (AvgIpc) is 3.29. The molecule has 2 aliphatic heterocycles. The van der Waals surface area contributed by atoms with E-state index in [4.69, 9.17) is 9.72 Å². The molecule has 0 N–H and O–H groups in total. The maximum Gasteiger partial charge on any atom is 0.255 e. The van der Waals surface area contributed by atoms with Crippen LogP contribution in [-0.2, 0) is 0 Å². The van der Waals surface area contributed by atoms with Crippen LogP contribution in [0, 0.1) is 0 Å². The van der Waals surface area contributed by atoms with Crippen molar-refractivity contribution in [3.63, 3.8) is 0 Å². The van der Waals surface area contributed by atoms with Crippen molar-refractivity contribution in [1.82, 2.24) is 9.88 Å². The number of para-hydroxylation sites is 1. The first-order chi connectivity index (χ1) is 14.1. The monoisotopic (exact) mass is 430 g/mol. The summed E-state index contributed by atoms with van der Waals surface area (Å²) < 4.78 is 6.12. The summed E-state index contributed by atoms with van der Waals surface area (Å²) in [6.07, 6.45) is 6.08. The molecule has 162 valence electrons. The highest BCUT2D eigenvalue weighted by molar-refractivity contribution is 5.95. The first kappa shape index (κ1) is 22.2. The molecule has 2 aromatic rings. The second kappa shape index (κ2) is 10.0. The van der Waals surface area contributed by atoms with Gasteiger partial charge in [-0.25, -0.2) is 4.98 Å². The number of halogens is 1. The lowest BCUT2D eigenvalue weighted by Gasteiger charge is -2.35. The van der Waals surface area contributed by atoms with Gasteiger partial charge < -0.3 is 19.4 Å².